The van der Waals surface area contributed by atoms with Gasteiger partial charge < -0.3 is 14.6 Å². The molecule has 28 heavy (non-hydrogen) atoms. The van der Waals surface area contributed by atoms with E-state index in [1.165, 1.54) is 17.2 Å². The lowest BCUT2D eigenvalue weighted by molar-refractivity contribution is -0.131. The molecule has 0 radical (unpaired) electrons. The summed E-state index contributed by atoms with van der Waals surface area (Å²) in [4.78, 5) is 38.5. The van der Waals surface area contributed by atoms with E-state index < -0.39 is 5.91 Å². The van der Waals surface area contributed by atoms with Crippen LogP contribution in [-0.4, -0.2) is 23.3 Å². The molecule has 6 heteroatoms. The molecule has 0 unspecified atom stereocenters. The van der Waals surface area contributed by atoms with Crippen molar-refractivity contribution >= 4 is 22.8 Å². The Bertz CT molecular complexity index is 1080. The van der Waals surface area contributed by atoms with Crippen molar-refractivity contribution in [1.82, 2.24) is 10.2 Å². The van der Waals surface area contributed by atoms with Gasteiger partial charge in [0.2, 0.25) is 5.91 Å². The highest BCUT2D eigenvalue weighted by Gasteiger charge is 2.22. The lowest BCUT2D eigenvalue weighted by Gasteiger charge is -2.15. The number of benzene rings is 2. The first kappa shape index (κ1) is 18.0. The molecule has 0 spiro atoms. The Kier molecular flexibility index (Phi) is 4.93. The Balaban J connectivity index is 1.28. The third-order valence-corrected chi connectivity index (χ3v) is 4.90. The van der Waals surface area contributed by atoms with Crippen molar-refractivity contribution in [3.05, 3.63) is 81.7 Å². The molecule has 1 aliphatic rings. The van der Waals surface area contributed by atoms with Gasteiger partial charge >= 0.3 is 0 Å². The molecule has 6 nitrogen and oxygen atoms in total. The van der Waals surface area contributed by atoms with E-state index >= 15 is 0 Å². The topological polar surface area (TPSA) is 79.6 Å². The quantitative estimate of drug-likeness (QED) is 0.695. The summed E-state index contributed by atoms with van der Waals surface area (Å²) in [7, 11) is 0. The average Bonchev–Trinajstić information content (AvgIpc) is 3.15. The first-order valence-corrected chi connectivity index (χ1v) is 9.27. The Morgan fingerprint density at radius 1 is 1.00 bits per heavy atom. The van der Waals surface area contributed by atoms with Crippen LogP contribution < -0.4 is 10.7 Å². The standard InChI is InChI=1S/C22H20N2O4/c25-18-12-20(28-19-9-4-3-8-17(18)19)22(27)23-11-5-10-21(26)24-13-15-6-1-2-7-16(15)14-24/h1-4,6-9,12H,5,10-11,13-14H2,(H,23,27). The molecule has 1 aliphatic heterocycles. The van der Waals surface area contributed by atoms with Gasteiger partial charge in [-0.15, -0.1) is 0 Å². The highest BCUT2D eigenvalue weighted by Crippen LogP contribution is 2.22. The zero-order valence-electron chi connectivity index (χ0n) is 15.3. The second-order valence-electron chi connectivity index (χ2n) is 6.85. The number of fused-ring (bicyclic) bond motifs is 2. The molecule has 2 aromatic carbocycles. The van der Waals surface area contributed by atoms with E-state index in [-0.39, 0.29) is 17.1 Å². The van der Waals surface area contributed by atoms with Gasteiger partial charge in [0.05, 0.1) is 5.39 Å². The van der Waals surface area contributed by atoms with E-state index in [2.05, 4.69) is 5.32 Å². The van der Waals surface area contributed by atoms with Gasteiger partial charge in [-0.3, -0.25) is 14.4 Å². The summed E-state index contributed by atoms with van der Waals surface area (Å²) in [5.74, 6) is -0.406. The van der Waals surface area contributed by atoms with Gasteiger partial charge in [0.15, 0.2) is 11.2 Å². The van der Waals surface area contributed by atoms with Gasteiger partial charge in [0.25, 0.3) is 5.91 Å². The first-order valence-electron chi connectivity index (χ1n) is 9.27. The van der Waals surface area contributed by atoms with Crippen molar-refractivity contribution in [2.45, 2.75) is 25.9 Å². The van der Waals surface area contributed by atoms with Gasteiger partial charge in [-0.05, 0) is 29.7 Å². The minimum Gasteiger partial charge on any atom is -0.451 e. The van der Waals surface area contributed by atoms with Crippen molar-refractivity contribution in [3.8, 4) is 0 Å². The second kappa shape index (κ2) is 7.68. The molecule has 4 rings (SSSR count). The largest absolute Gasteiger partial charge is 0.451 e. The highest BCUT2D eigenvalue weighted by atomic mass is 16.3. The Hall–Kier alpha value is -3.41. The van der Waals surface area contributed by atoms with Crippen molar-refractivity contribution in [2.24, 2.45) is 0 Å². The second-order valence-corrected chi connectivity index (χ2v) is 6.85. The van der Waals surface area contributed by atoms with Gasteiger partial charge in [-0.1, -0.05) is 36.4 Å². The summed E-state index contributed by atoms with van der Waals surface area (Å²) >= 11 is 0. The Labute approximate surface area is 161 Å². The third-order valence-electron chi connectivity index (χ3n) is 4.90. The molecule has 0 saturated heterocycles. The summed E-state index contributed by atoms with van der Waals surface area (Å²) in [6, 6.07) is 16.0. The molecule has 2 amide bonds. The van der Waals surface area contributed by atoms with Crippen LogP contribution in [0.3, 0.4) is 0 Å². The van der Waals surface area contributed by atoms with Crippen LogP contribution in [0.4, 0.5) is 0 Å². The summed E-state index contributed by atoms with van der Waals surface area (Å²) in [6.45, 7) is 1.62. The van der Waals surface area contributed by atoms with Crippen LogP contribution in [0, 0.1) is 0 Å². The SMILES string of the molecule is O=C(NCCCC(=O)N1Cc2ccccc2C1)c1cc(=O)c2ccccc2o1. The van der Waals surface area contributed by atoms with Crippen LogP contribution >= 0.6 is 0 Å². The molecule has 1 N–H and O–H groups in total. The van der Waals surface area contributed by atoms with E-state index in [9.17, 15) is 14.4 Å². The van der Waals surface area contributed by atoms with Gasteiger partial charge in [-0.2, -0.15) is 0 Å². The van der Waals surface area contributed by atoms with E-state index in [0.717, 1.165) is 0 Å². The van der Waals surface area contributed by atoms with Crippen molar-refractivity contribution in [1.29, 1.82) is 0 Å². The normalized spacial score (nSPS) is 12.8. The lowest BCUT2D eigenvalue weighted by Crippen LogP contribution is -2.28. The third kappa shape index (κ3) is 3.67. The van der Waals surface area contributed by atoms with Crippen LogP contribution in [0.2, 0.25) is 0 Å². The Morgan fingerprint density at radius 3 is 2.43 bits per heavy atom. The average molecular weight is 376 g/mol. The maximum absolute atomic E-state index is 12.4. The molecule has 0 aliphatic carbocycles. The van der Waals surface area contributed by atoms with E-state index in [1.807, 2.05) is 29.2 Å². The van der Waals surface area contributed by atoms with Crippen LogP contribution in [0.1, 0.15) is 34.5 Å². The summed E-state index contributed by atoms with van der Waals surface area (Å²) < 4.78 is 5.51. The summed E-state index contributed by atoms with van der Waals surface area (Å²) in [5.41, 5.74) is 2.51. The number of para-hydroxylation sites is 1. The molecule has 0 atom stereocenters. The molecular weight excluding hydrogens is 356 g/mol. The predicted octanol–water partition coefficient (Wildman–Crippen LogP) is 2.85. The van der Waals surface area contributed by atoms with Crippen LogP contribution in [-0.2, 0) is 17.9 Å². The minimum absolute atomic E-state index is 0.0231. The number of nitrogens with zero attached hydrogens (tertiary/aromatic N) is 1. The first-order chi connectivity index (χ1) is 13.6. The van der Waals surface area contributed by atoms with E-state index in [1.54, 1.807) is 24.3 Å². The molecule has 0 saturated carbocycles. The van der Waals surface area contributed by atoms with Crippen LogP contribution in [0.5, 0.6) is 0 Å². The maximum atomic E-state index is 12.4. The maximum Gasteiger partial charge on any atom is 0.287 e. The monoisotopic (exact) mass is 376 g/mol. The number of carbonyl (C=O) groups is 2. The number of rotatable bonds is 5. The molecule has 142 valence electrons. The van der Waals surface area contributed by atoms with Crippen molar-refractivity contribution in [3.63, 3.8) is 0 Å². The fraction of sp³-hybridized carbons (Fsp3) is 0.227. The summed E-state index contributed by atoms with van der Waals surface area (Å²) in [6.07, 6.45) is 0.880. The van der Waals surface area contributed by atoms with Crippen LogP contribution in [0.25, 0.3) is 11.0 Å². The van der Waals surface area contributed by atoms with Crippen LogP contribution in [0.15, 0.2) is 63.8 Å². The van der Waals surface area contributed by atoms with E-state index in [0.29, 0.717) is 43.4 Å². The van der Waals surface area contributed by atoms with E-state index in [4.69, 9.17) is 4.42 Å². The minimum atomic E-state index is -0.455. The lowest BCUT2D eigenvalue weighted by atomic mass is 10.1. The van der Waals surface area contributed by atoms with Crippen molar-refractivity contribution < 1.29 is 14.0 Å². The fourth-order valence-corrected chi connectivity index (χ4v) is 3.41. The molecule has 2 heterocycles. The zero-order chi connectivity index (χ0) is 19.5. The summed E-state index contributed by atoms with van der Waals surface area (Å²) in [5, 5.41) is 3.15. The highest BCUT2D eigenvalue weighted by molar-refractivity contribution is 5.93. The Morgan fingerprint density at radius 2 is 1.68 bits per heavy atom. The molecule has 0 fully saturated rings. The zero-order valence-corrected chi connectivity index (χ0v) is 15.3. The number of amides is 2. The smallest absolute Gasteiger partial charge is 0.287 e. The van der Waals surface area contributed by atoms with Gasteiger partial charge in [0, 0.05) is 32.1 Å². The molecular formula is C22H20N2O4. The number of carbonyl (C=O) groups excluding carboxylic acids is 2. The number of hydrogen-bond donors (Lipinski definition) is 1. The number of nitrogens with one attached hydrogen (secondary N) is 1. The number of hydrogen-bond acceptors (Lipinski definition) is 4. The molecule has 0 bridgehead atoms. The predicted molar refractivity (Wildman–Crippen MR) is 105 cm³/mol. The molecule has 1 aromatic heterocycles. The van der Waals surface area contributed by atoms with Gasteiger partial charge in [-0.25, -0.2) is 0 Å². The van der Waals surface area contributed by atoms with Crippen molar-refractivity contribution in [2.75, 3.05) is 6.54 Å². The fourth-order valence-electron chi connectivity index (χ4n) is 3.41. The molecule has 3 aromatic rings. The van der Waals surface area contributed by atoms with Gasteiger partial charge in [0.1, 0.15) is 5.58 Å².